The number of hydrogen-bond donors (Lipinski definition) is 11. The highest BCUT2D eigenvalue weighted by molar-refractivity contribution is 6.28. The molecule has 23 nitrogen and oxygen atoms in total. The van der Waals surface area contributed by atoms with Crippen LogP contribution in [0.15, 0.2) is 365 Å². The van der Waals surface area contributed by atoms with Crippen molar-refractivity contribution in [1.29, 1.82) is 0 Å². The number of aryl methyl sites for hydroxylation is 1. The van der Waals surface area contributed by atoms with Gasteiger partial charge in [0.05, 0.1) is 73.1 Å². The number of nitrogen functional groups attached to an aromatic ring is 1. The van der Waals surface area contributed by atoms with Crippen LogP contribution in [0.2, 0.25) is 0 Å². The molecule has 30 rings (SSSR count). The van der Waals surface area contributed by atoms with E-state index in [9.17, 15) is 19.3 Å². The average molecular weight is 1900 g/mol. The summed E-state index contributed by atoms with van der Waals surface area (Å²) in [5, 5.41) is 34.2. The van der Waals surface area contributed by atoms with E-state index < -0.39 is 0 Å². The van der Waals surface area contributed by atoms with Crippen molar-refractivity contribution in [1.82, 2.24) is 79.7 Å². The molecule has 0 unspecified atom stereocenters. The number of rotatable bonds is 10. The van der Waals surface area contributed by atoms with E-state index >= 15 is 0 Å². The van der Waals surface area contributed by atoms with E-state index in [1.165, 1.54) is 70.4 Å². The fourth-order valence-corrected chi connectivity index (χ4v) is 21.6. The normalized spacial score (nSPS) is 12.3. The molecule has 18 aromatic carbocycles. The molecule has 12 heterocycles. The molecule has 1 fully saturated rings. The number of non-ortho nitro benzene ring substituents is 1. The first-order chi connectivity index (χ1) is 71.8. The lowest BCUT2D eigenvalue weighted by Gasteiger charge is -2.28. The third-order valence-corrected chi connectivity index (χ3v) is 28.5. The molecule has 146 heavy (non-hydrogen) atoms. The van der Waals surface area contributed by atoms with Crippen molar-refractivity contribution in [2.45, 2.75) is 26.2 Å². The number of ether oxygens (including phenoxy) is 1. The number of fused-ring (bicyclic) bond motifs is 29. The number of nitro benzene ring substituents is 1. The number of methoxy groups -OCH3 is 1. The summed E-state index contributed by atoms with van der Waals surface area (Å²) in [4.78, 5) is 88.8. The van der Waals surface area contributed by atoms with E-state index in [4.69, 9.17) is 35.4 Å². The maximum Gasteiger partial charge on any atom is 0.337 e. The predicted octanol–water partition coefficient (Wildman–Crippen LogP) is 30.1. The van der Waals surface area contributed by atoms with Gasteiger partial charge >= 0.3 is 5.97 Å². The van der Waals surface area contributed by atoms with E-state index in [1.54, 1.807) is 42.6 Å². The number of hydrogen-bond acceptors (Lipinski definition) is 12. The SMILES string of the molecule is COC(=O)c1ccc2c(-c3nc4c5ccccc5c5ccccc5c4[nH]3)c[nH]c2c1.Cc1[nH]c2ccccc2c1-c1nc(-c2ccccc2)c(-c2ccc(N3CCCCC3)cc2)[nH]1.Fc1ccc2[nH]cc(-c3nc4c5ccccc5c5ccccc5c4[nH]3)c2c1.Nc1ccc2c3ccccc3c3[nH]c(-c4c[nH]c5ncccc45)nc3c2c1.O=[N+]([O-])c1ccc2c3ccccc3c3[nH]c(-c4c[nH]c5ccccc45)nc3c2c1. The van der Waals surface area contributed by atoms with Crippen molar-refractivity contribution in [3.63, 3.8) is 0 Å². The topological polar surface area (TPSA) is 334 Å². The molecule has 24 heteroatoms. The lowest BCUT2D eigenvalue weighted by atomic mass is 9.99. The van der Waals surface area contributed by atoms with E-state index in [0.29, 0.717) is 5.56 Å². The monoisotopic (exact) mass is 1900 g/mol. The highest BCUT2D eigenvalue weighted by Gasteiger charge is 2.26. The highest BCUT2D eigenvalue weighted by atomic mass is 19.1. The second kappa shape index (κ2) is 35.6. The Bertz CT molecular complexity index is 10100. The number of anilines is 2. The van der Waals surface area contributed by atoms with Gasteiger partial charge in [0.2, 0.25) is 0 Å². The van der Waals surface area contributed by atoms with E-state index in [2.05, 4.69) is 267 Å². The highest BCUT2D eigenvalue weighted by Crippen LogP contribution is 2.46. The summed E-state index contributed by atoms with van der Waals surface area (Å²) in [6.07, 6.45) is 13.4. The number of pyridine rings is 1. The predicted molar refractivity (Wildman–Crippen MR) is 591 cm³/mol. The minimum Gasteiger partial charge on any atom is -0.465 e. The van der Waals surface area contributed by atoms with Gasteiger partial charge in [-0.2, -0.15) is 0 Å². The van der Waals surface area contributed by atoms with Crippen LogP contribution in [0.1, 0.15) is 35.3 Å². The number of esters is 1. The van der Waals surface area contributed by atoms with Crippen molar-refractivity contribution in [2.24, 2.45) is 0 Å². The first kappa shape index (κ1) is 86.7. The van der Waals surface area contributed by atoms with Crippen LogP contribution in [0.5, 0.6) is 0 Å². The second-order valence-corrected chi connectivity index (χ2v) is 36.9. The lowest BCUT2D eigenvalue weighted by molar-refractivity contribution is -0.384. The summed E-state index contributed by atoms with van der Waals surface area (Å²) in [5.41, 5.74) is 31.4. The molecule has 29 aromatic rings. The molecule has 0 atom stereocenters. The van der Waals surface area contributed by atoms with Gasteiger partial charge in [-0.1, -0.05) is 237 Å². The molecule has 702 valence electrons. The first-order valence-electron chi connectivity index (χ1n) is 48.5. The number of benzene rings is 18. The van der Waals surface area contributed by atoms with Crippen LogP contribution in [0.4, 0.5) is 21.5 Å². The molecule has 0 aliphatic carbocycles. The molecule has 1 aliphatic rings. The molecule has 1 aliphatic heterocycles. The Morgan fingerprint density at radius 3 is 1.35 bits per heavy atom. The van der Waals surface area contributed by atoms with Crippen LogP contribution in [0.3, 0.4) is 0 Å². The molecular weight excluding hydrogens is 1810 g/mol. The van der Waals surface area contributed by atoms with Crippen LogP contribution >= 0.6 is 0 Å². The van der Waals surface area contributed by atoms with Crippen LogP contribution in [0, 0.1) is 22.9 Å². The van der Waals surface area contributed by atoms with E-state index in [-0.39, 0.29) is 22.4 Å². The summed E-state index contributed by atoms with van der Waals surface area (Å²) in [7, 11) is 1.38. The molecule has 12 N–H and O–H groups in total. The summed E-state index contributed by atoms with van der Waals surface area (Å²) in [6, 6.07) is 111. The number of nitrogens with two attached hydrogens (primary N) is 1. The van der Waals surface area contributed by atoms with Crippen LogP contribution < -0.4 is 10.6 Å². The number of halogens is 1. The maximum atomic E-state index is 13.8. The van der Waals surface area contributed by atoms with Crippen molar-refractivity contribution in [3.8, 4) is 79.5 Å². The van der Waals surface area contributed by atoms with Gasteiger partial charge in [0.25, 0.3) is 5.69 Å². The summed E-state index contributed by atoms with van der Waals surface area (Å²) in [6.45, 7) is 4.43. The van der Waals surface area contributed by atoms with Gasteiger partial charge in [0.15, 0.2) is 0 Å². The fourth-order valence-electron chi connectivity index (χ4n) is 21.6. The number of aromatic amines is 10. The van der Waals surface area contributed by atoms with Gasteiger partial charge < -0.3 is 65.2 Å². The van der Waals surface area contributed by atoms with E-state index in [0.717, 1.165) is 257 Å². The Hall–Kier alpha value is -19.6. The van der Waals surface area contributed by atoms with Gasteiger partial charge in [-0.3, -0.25) is 10.1 Å². The first-order valence-corrected chi connectivity index (χ1v) is 48.5. The number of imidazole rings is 5. The standard InChI is InChI=1S/C29H28N4.C25H17N3O2.C23H14FN3.C23H14N4O2.C22H15N5/c1-20-26(24-12-6-7-13-25(24)30-20)29-31-27(21-10-4-2-5-11-21)28(32-29)22-14-16-23(17-15-22)33-18-8-3-9-19-33;1-30-25(29)14-10-11-17-20(13-26-21(17)12-14)24-27-22-18-8-4-2-6-15(18)16-7-3-5-9-19(16)23(22)28-24;24-13-9-10-20-18(11-13)19(12-25-20)23-26-21-16-7-3-1-5-14(16)15-6-2-4-8-17(15)22(21)27-23;28-27(29)13-9-10-15-14-5-1-2-7-17(14)21-22(18(15)11-13)26-23(25-21)19-12-24-20-8-4-3-6-16(19)20;23-12-7-8-14-13-4-1-2-5-15(13)19-20(17(14)10-12)27-22(26-19)18-11-25-21-16(18)6-3-9-24-21/h2,4-7,10-17,30H,3,8-9,18-19H2,1H3,(H,31,32);2-13,26H,1H3,(H,27,28);1-12,25H,(H,26,27);1-12,24H,(H,25,26);1-11H,23H2,(H,24,25)(H,26,27). The van der Waals surface area contributed by atoms with E-state index in [1.807, 2.05) is 116 Å². The molecule has 0 spiro atoms. The Morgan fingerprint density at radius 2 is 0.795 bits per heavy atom. The molecule has 0 amide bonds. The molecule has 0 bridgehead atoms. The largest absolute Gasteiger partial charge is 0.465 e. The molecule has 0 saturated carbocycles. The maximum absolute atomic E-state index is 13.8. The van der Waals surface area contributed by atoms with Crippen molar-refractivity contribution in [3.05, 3.63) is 392 Å². The van der Waals surface area contributed by atoms with Gasteiger partial charge in [0.1, 0.15) is 40.6 Å². The fraction of sp³-hybridized carbons (Fsp3) is 0.0574. The number of nitrogens with one attached hydrogen (secondary N) is 10. The van der Waals surface area contributed by atoms with Gasteiger partial charge in [0, 0.05) is 204 Å². The zero-order valence-electron chi connectivity index (χ0n) is 78.8. The zero-order chi connectivity index (χ0) is 97.9. The number of carbonyl (C=O) groups excluding carboxylic acids is 1. The number of piperidine rings is 1. The van der Waals surface area contributed by atoms with Gasteiger partial charge in [-0.25, -0.2) is 39.1 Å². The second-order valence-electron chi connectivity index (χ2n) is 36.9. The van der Waals surface area contributed by atoms with Crippen LogP contribution in [-0.4, -0.2) is 111 Å². The minimum absolute atomic E-state index is 0.0609. The molecule has 11 aromatic heterocycles. The zero-order valence-corrected chi connectivity index (χ0v) is 78.8. The quantitative estimate of drug-likeness (QED) is 0.0200. The smallest absolute Gasteiger partial charge is 0.337 e. The molecule has 1 saturated heterocycles. The Morgan fingerprint density at radius 1 is 0.363 bits per heavy atom. The van der Waals surface area contributed by atoms with Crippen LogP contribution in [-0.2, 0) is 4.74 Å². The average Bonchev–Trinajstić information content (AvgIpc) is 1.57. The molecule has 0 radical (unpaired) electrons. The number of para-hydroxylation sites is 2. The Kier molecular flexibility index (Phi) is 21.1. The summed E-state index contributed by atoms with van der Waals surface area (Å²) in [5.74, 6) is 3.39. The third kappa shape index (κ3) is 15.0. The summed E-state index contributed by atoms with van der Waals surface area (Å²) < 4.78 is 18.6. The number of nitrogens with zero attached hydrogens (tertiary/aromatic N) is 8. The Balaban J connectivity index is 0.0000000929. The van der Waals surface area contributed by atoms with Gasteiger partial charge in [-0.15, -0.1) is 0 Å². The number of carbonyl (C=O) groups is 1. The number of nitro groups is 1. The molecular formula is C122H88FN19O4. The van der Waals surface area contributed by atoms with Gasteiger partial charge in [-0.05, 0) is 154 Å². The van der Waals surface area contributed by atoms with Crippen molar-refractivity contribution < 1.29 is 18.8 Å². The lowest BCUT2D eigenvalue weighted by Crippen LogP contribution is -2.29. The summed E-state index contributed by atoms with van der Waals surface area (Å²) >= 11 is 0. The third-order valence-electron chi connectivity index (χ3n) is 28.5. The number of aromatic nitrogens is 16. The van der Waals surface area contributed by atoms with Crippen LogP contribution in [0.25, 0.3) is 264 Å². The minimum atomic E-state index is -0.367. The Labute approximate surface area is 829 Å². The van der Waals surface area contributed by atoms with Crippen molar-refractivity contribution >= 4 is 208 Å². The van der Waals surface area contributed by atoms with Crippen molar-refractivity contribution in [2.75, 3.05) is 30.8 Å². The number of H-pyrrole nitrogens is 10.